The molecule has 33 heavy (non-hydrogen) atoms. The number of amides is 1. The smallest absolute Gasteiger partial charge is 0.271 e. The van der Waals surface area contributed by atoms with Crippen molar-refractivity contribution in [3.63, 3.8) is 0 Å². The second-order valence-electron chi connectivity index (χ2n) is 7.93. The fourth-order valence-corrected chi connectivity index (χ4v) is 3.83. The van der Waals surface area contributed by atoms with E-state index < -0.39 is 0 Å². The summed E-state index contributed by atoms with van der Waals surface area (Å²) in [6.07, 6.45) is 1.50. The Morgan fingerprint density at radius 3 is 2.45 bits per heavy atom. The van der Waals surface area contributed by atoms with E-state index in [-0.39, 0.29) is 11.7 Å². The Kier molecular flexibility index (Phi) is 7.22. The van der Waals surface area contributed by atoms with Gasteiger partial charge < -0.3 is 14.7 Å². The molecule has 7 nitrogen and oxygen atoms in total. The molecule has 1 aliphatic rings. The molecule has 3 aromatic rings. The average molecular weight is 445 g/mol. The first kappa shape index (κ1) is 22.4. The standard InChI is InChI=1S/C26H28N4O3/c1-33-25-17-21(9-12-24(25)31)18-27-28-26(32)22-10-7-20(8-11-22)19-29-13-15-30(16-14-29)23-5-3-2-4-6-23/h2-12,17-18,31H,13-16,19H2,1H3,(H,28,32)/b27-18-. The molecular formula is C26H28N4O3. The van der Waals surface area contributed by atoms with Crippen LogP contribution in [-0.2, 0) is 6.54 Å². The Bertz CT molecular complexity index is 1090. The maximum atomic E-state index is 12.4. The number of hydrogen-bond acceptors (Lipinski definition) is 6. The second-order valence-corrected chi connectivity index (χ2v) is 7.93. The Morgan fingerprint density at radius 1 is 1.03 bits per heavy atom. The van der Waals surface area contributed by atoms with Crippen LogP contribution in [0, 0.1) is 0 Å². The number of hydrogen-bond donors (Lipinski definition) is 2. The molecule has 1 fully saturated rings. The van der Waals surface area contributed by atoms with Crippen molar-refractivity contribution in [1.82, 2.24) is 10.3 Å². The Hall–Kier alpha value is -3.84. The van der Waals surface area contributed by atoms with Gasteiger partial charge in [-0.25, -0.2) is 5.43 Å². The SMILES string of the molecule is COc1cc(/C=N\NC(=O)c2ccc(CN3CCN(c4ccccc4)CC3)cc2)ccc1O. The van der Waals surface area contributed by atoms with Crippen LogP contribution in [0.15, 0.2) is 77.9 Å². The number of benzene rings is 3. The Morgan fingerprint density at radius 2 is 1.76 bits per heavy atom. The molecule has 4 rings (SSSR count). The van der Waals surface area contributed by atoms with Gasteiger partial charge in [0, 0.05) is 44.0 Å². The molecule has 1 amide bonds. The number of para-hydroxylation sites is 1. The molecule has 0 radical (unpaired) electrons. The minimum Gasteiger partial charge on any atom is -0.504 e. The largest absolute Gasteiger partial charge is 0.504 e. The average Bonchev–Trinajstić information content (AvgIpc) is 2.86. The number of nitrogens with one attached hydrogen (secondary N) is 1. The van der Waals surface area contributed by atoms with Crippen LogP contribution in [0.2, 0.25) is 0 Å². The van der Waals surface area contributed by atoms with Crippen molar-refractivity contribution in [2.24, 2.45) is 5.10 Å². The first-order valence-corrected chi connectivity index (χ1v) is 10.9. The van der Waals surface area contributed by atoms with Gasteiger partial charge in [0.2, 0.25) is 0 Å². The molecule has 7 heteroatoms. The summed E-state index contributed by atoms with van der Waals surface area (Å²) >= 11 is 0. The van der Waals surface area contributed by atoms with Gasteiger partial charge in [-0.3, -0.25) is 9.69 Å². The van der Waals surface area contributed by atoms with E-state index in [1.54, 1.807) is 12.1 Å². The van der Waals surface area contributed by atoms with Crippen LogP contribution in [-0.4, -0.2) is 55.4 Å². The number of carbonyl (C=O) groups is 1. The Balaban J connectivity index is 1.26. The van der Waals surface area contributed by atoms with Gasteiger partial charge in [-0.1, -0.05) is 30.3 Å². The second kappa shape index (κ2) is 10.7. The van der Waals surface area contributed by atoms with E-state index in [1.165, 1.54) is 30.6 Å². The van der Waals surface area contributed by atoms with Crippen LogP contribution in [0.25, 0.3) is 0 Å². The van der Waals surface area contributed by atoms with Crippen molar-refractivity contribution in [3.05, 3.63) is 89.5 Å². The number of anilines is 1. The van der Waals surface area contributed by atoms with Crippen LogP contribution < -0.4 is 15.1 Å². The van der Waals surface area contributed by atoms with Gasteiger partial charge in [0.15, 0.2) is 11.5 Å². The van der Waals surface area contributed by atoms with Crippen molar-refractivity contribution in [2.75, 3.05) is 38.2 Å². The number of carbonyl (C=O) groups excluding carboxylic acids is 1. The lowest BCUT2D eigenvalue weighted by Crippen LogP contribution is -2.45. The fraction of sp³-hybridized carbons (Fsp3) is 0.231. The maximum absolute atomic E-state index is 12.4. The number of nitrogens with zero attached hydrogens (tertiary/aromatic N) is 3. The number of ether oxygens (including phenoxy) is 1. The van der Waals surface area contributed by atoms with E-state index in [0.29, 0.717) is 16.9 Å². The summed E-state index contributed by atoms with van der Waals surface area (Å²) in [7, 11) is 1.48. The summed E-state index contributed by atoms with van der Waals surface area (Å²) in [5, 5.41) is 13.6. The van der Waals surface area contributed by atoms with Crippen LogP contribution in [0.1, 0.15) is 21.5 Å². The summed E-state index contributed by atoms with van der Waals surface area (Å²) in [5.41, 5.74) is 6.24. The summed E-state index contributed by atoms with van der Waals surface area (Å²) in [6.45, 7) is 4.90. The van der Waals surface area contributed by atoms with Crippen molar-refractivity contribution in [2.45, 2.75) is 6.54 Å². The highest BCUT2D eigenvalue weighted by Gasteiger charge is 2.17. The number of piperazine rings is 1. The number of phenols is 1. The topological polar surface area (TPSA) is 77.4 Å². The highest BCUT2D eigenvalue weighted by Crippen LogP contribution is 2.25. The molecule has 170 valence electrons. The number of hydrazone groups is 1. The minimum absolute atomic E-state index is 0.0526. The number of aromatic hydroxyl groups is 1. The molecule has 1 heterocycles. The van der Waals surface area contributed by atoms with Crippen molar-refractivity contribution in [1.29, 1.82) is 0 Å². The van der Waals surface area contributed by atoms with Gasteiger partial charge >= 0.3 is 0 Å². The molecule has 0 saturated carbocycles. The molecule has 0 unspecified atom stereocenters. The Labute approximate surface area is 193 Å². The maximum Gasteiger partial charge on any atom is 0.271 e. The lowest BCUT2D eigenvalue weighted by molar-refractivity contribution is 0.0955. The molecule has 0 atom stereocenters. The van der Waals surface area contributed by atoms with Crippen molar-refractivity contribution < 1.29 is 14.6 Å². The first-order chi connectivity index (χ1) is 16.1. The van der Waals surface area contributed by atoms with Gasteiger partial charge in [-0.15, -0.1) is 0 Å². The number of rotatable bonds is 7. The van der Waals surface area contributed by atoms with Gasteiger partial charge in [0.05, 0.1) is 13.3 Å². The zero-order valence-corrected chi connectivity index (χ0v) is 18.6. The van der Waals surface area contributed by atoms with E-state index in [4.69, 9.17) is 4.74 Å². The third kappa shape index (κ3) is 5.90. The van der Waals surface area contributed by atoms with E-state index in [1.807, 2.05) is 30.3 Å². The summed E-state index contributed by atoms with van der Waals surface area (Å²) in [6, 6.07) is 23.0. The zero-order valence-electron chi connectivity index (χ0n) is 18.6. The lowest BCUT2D eigenvalue weighted by Gasteiger charge is -2.36. The van der Waals surface area contributed by atoms with Crippen molar-refractivity contribution in [3.8, 4) is 11.5 Å². The highest BCUT2D eigenvalue weighted by molar-refractivity contribution is 5.94. The monoisotopic (exact) mass is 444 g/mol. The molecule has 2 N–H and O–H groups in total. The van der Waals surface area contributed by atoms with E-state index in [0.717, 1.165) is 32.7 Å². The zero-order chi connectivity index (χ0) is 23.0. The van der Waals surface area contributed by atoms with E-state index >= 15 is 0 Å². The normalized spacial score (nSPS) is 14.4. The van der Waals surface area contributed by atoms with Gasteiger partial charge in [-0.2, -0.15) is 5.10 Å². The number of phenolic OH excluding ortho intramolecular Hbond substituents is 1. The predicted molar refractivity (Wildman–Crippen MR) is 130 cm³/mol. The van der Waals surface area contributed by atoms with E-state index in [2.05, 4.69) is 44.6 Å². The summed E-state index contributed by atoms with van der Waals surface area (Å²) in [5.74, 6) is 0.124. The first-order valence-electron chi connectivity index (χ1n) is 10.9. The highest BCUT2D eigenvalue weighted by atomic mass is 16.5. The van der Waals surface area contributed by atoms with Gasteiger partial charge in [-0.05, 0) is 53.6 Å². The predicted octanol–water partition coefficient (Wildman–Crippen LogP) is 3.49. The van der Waals surface area contributed by atoms with Crippen LogP contribution in [0.3, 0.4) is 0 Å². The summed E-state index contributed by atoms with van der Waals surface area (Å²) < 4.78 is 5.07. The molecule has 1 aliphatic heterocycles. The van der Waals surface area contributed by atoms with Gasteiger partial charge in [0.1, 0.15) is 0 Å². The molecule has 1 saturated heterocycles. The lowest BCUT2D eigenvalue weighted by atomic mass is 10.1. The van der Waals surface area contributed by atoms with Crippen molar-refractivity contribution >= 4 is 17.8 Å². The van der Waals surface area contributed by atoms with E-state index in [9.17, 15) is 9.90 Å². The molecule has 0 bridgehead atoms. The minimum atomic E-state index is -0.278. The fourth-order valence-electron chi connectivity index (χ4n) is 3.83. The quantitative estimate of drug-likeness (QED) is 0.431. The molecule has 3 aromatic carbocycles. The van der Waals surface area contributed by atoms with Crippen LogP contribution in [0.4, 0.5) is 5.69 Å². The molecule has 0 spiro atoms. The third-order valence-corrected chi connectivity index (χ3v) is 5.70. The van der Waals surface area contributed by atoms with Gasteiger partial charge in [0.25, 0.3) is 5.91 Å². The summed E-state index contributed by atoms with van der Waals surface area (Å²) in [4.78, 5) is 17.2. The molecule has 0 aliphatic carbocycles. The van der Waals surface area contributed by atoms with Crippen LogP contribution >= 0.6 is 0 Å². The van der Waals surface area contributed by atoms with Crippen LogP contribution in [0.5, 0.6) is 11.5 Å². The molecular weight excluding hydrogens is 416 g/mol. The third-order valence-electron chi connectivity index (χ3n) is 5.70. The number of methoxy groups -OCH3 is 1. The molecule has 0 aromatic heterocycles.